The topological polar surface area (TPSA) is 94.1 Å². The lowest BCUT2D eigenvalue weighted by Gasteiger charge is -2.08. The number of imidazole rings is 1. The predicted octanol–water partition coefficient (Wildman–Crippen LogP) is 2.06. The second-order valence-electron chi connectivity index (χ2n) is 6.57. The van der Waals surface area contributed by atoms with Crippen molar-refractivity contribution < 1.29 is 14.0 Å². The van der Waals surface area contributed by atoms with E-state index < -0.39 is 0 Å². The molecule has 3 heterocycles. The molecule has 3 aromatic heterocycles. The summed E-state index contributed by atoms with van der Waals surface area (Å²) in [7, 11) is 1.78. The third-order valence-corrected chi connectivity index (χ3v) is 4.73. The summed E-state index contributed by atoms with van der Waals surface area (Å²) < 4.78 is 9.09. The van der Waals surface area contributed by atoms with E-state index in [9.17, 15) is 9.59 Å². The van der Waals surface area contributed by atoms with E-state index >= 15 is 0 Å². The number of furan rings is 1. The van der Waals surface area contributed by atoms with Gasteiger partial charge in [-0.2, -0.15) is 0 Å². The van der Waals surface area contributed by atoms with Gasteiger partial charge in [-0.25, -0.2) is 4.98 Å². The molecule has 2 amide bonds. The molecule has 28 heavy (non-hydrogen) atoms. The first-order valence-electron chi connectivity index (χ1n) is 9.11. The lowest BCUT2D eigenvalue weighted by atomic mass is 10.3. The minimum atomic E-state index is -0.311. The molecule has 0 spiro atoms. The van der Waals surface area contributed by atoms with Gasteiger partial charge in [-0.15, -0.1) is 0 Å². The van der Waals surface area contributed by atoms with Gasteiger partial charge in [0.25, 0.3) is 5.91 Å². The molecule has 0 saturated heterocycles. The Balaban J connectivity index is 1.22. The highest BCUT2D eigenvalue weighted by Crippen LogP contribution is 2.19. The van der Waals surface area contributed by atoms with E-state index in [0.717, 1.165) is 29.5 Å². The van der Waals surface area contributed by atoms with Crippen molar-refractivity contribution in [3.63, 3.8) is 0 Å². The summed E-state index contributed by atoms with van der Waals surface area (Å²) in [5.41, 5.74) is 3.97. The summed E-state index contributed by atoms with van der Waals surface area (Å²) in [5, 5.41) is 5.46. The van der Waals surface area contributed by atoms with Gasteiger partial charge in [-0.3, -0.25) is 9.59 Å². The number of benzene rings is 1. The van der Waals surface area contributed by atoms with Gasteiger partial charge in [-0.1, -0.05) is 12.1 Å². The van der Waals surface area contributed by atoms with Crippen LogP contribution < -0.4 is 10.6 Å². The highest BCUT2D eigenvalue weighted by Gasteiger charge is 2.15. The van der Waals surface area contributed by atoms with E-state index in [4.69, 9.17) is 4.42 Å². The van der Waals surface area contributed by atoms with Crippen LogP contribution in [-0.4, -0.2) is 39.0 Å². The van der Waals surface area contributed by atoms with Gasteiger partial charge in [0.05, 0.1) is 35.7 Å². The normalized spacial score (nSPS) is 11.2. The first kappa shape index (κ1) is 17.8. The third kappa shape index (κ3) is 3.48. The van der Waals surface area contributed by atoms with E-state index in [1.807, 2.05) is 30.6 Å². The van der Waals surface area contributed by atoms with Gasteiger partial charge < -0.3 is 24.2 Å². The molecular formula is C20H21N5O3. The maximum Gasteiger partial charge on any atom is 0.268 e. The van der Waals surface area contributed by atoms with Gasteiger partial charge >= 0.3 is 0 Å². The van der Waals surface area contributed by atoms with E-state index in [0.29, 0.717) is 17.8 Å². The number of rotatable bonds is 7. The molecule has 0 aliphatic rings. The lowest BCUT2D eigenvalue weighted by molar-refractivity contribution is -0.120. The molecule has 0 radical (unpaired) electrons. The highest BCUT2D eigenvalue weighted by molar-refractivity contribution is 5.99. The molecule has 0 aliphatic carbocycles. The highest BCUT2D eigenvalue weighted by atomic mass is 16.3. The Hall–Kier alpha value is -3.55. The number of carbonyl (C=O) groups excluding carboxylic acids is 2. The Morgan fingerprint density at radius 2 is 2.00 bits per heavy atom. The number of nitrogens with one attached hydrogen (secondary N) is 2. The van der Waals surface area contributed by atoms with E-state index in [2.05, 4.69) is 20.2 Å². The third-order valence-electron chi connectivity index (χ3n) is 4.73. The van der Waals surface area contributed by atoms with Crippen molar-refractivity contribution >= 4 is 33.9 Å². The Morgan fingerprint density at radius 1 is 1.14 bits per heavy atom. The lowest BCUT2D eigenvalue weighted by Crippen LogP contribution is -2.38. The number of hydrogen-bond donors (Lipinski definition) is 2. The quantitative estimate of drug-likeness (QED) is 0.481. The van der Waals surface area contributed by atoms with Gasteiger partial charge in [0.15, 0.2) is 5.58 Å². The van der Waals surface area contributed by atoms with Crippen molar-refractivity contribution in [2.75, 3.05) is 13.1 Å². The van der Waals surface area contributed by atoms with Gasteiger partial charge in [0, 0.05) is 32.3 Å². The fourth-order valence-electron chi connectivity index (χ4n) is 3.25. The molecule has 0 aliphatic heterocycles. The van der Waals surface area contributed by atoms with Crippen LogP contribution in [0.3, 0.4) is 0 Å². The van der Waals surface area contributed by atoms with Crippen LogP contribution in [-0.2, 0) is 18.4 Å². The molecule has 0 fully saturated rings. The number of amides is 2. The minimum Gasteiger partial charge on any atom is -0.463 e. The average molecular weight is 379 g/mol. The molecule has 0 bridgehead atoms. The van der Waals surface area contributed by atoms with Gasteiger partial charge in [0.2, 0.25) is 5.91 Å². The molecule has 0 saturated carbocycles. The second-order valence-corrected chi connectivity index (χ2v) is 6.57. The summed E-state index contributed by atoms with van der Waals surface area (Å²) in [6, 6.07) is 11.4. The summed E-state index contributed by atoms with van der Waals surface area (Å²) in [6.07, 6.45) is 4.16. The number of aryl methyl sites for hydroxylation is 2. The zero-order valence-electron chi connectivity index (χ0n) is 15.5. The number of carbonyl (C=O) groups is 2. The molecule has 1 aromatic carbocycles. The summed E-state index contributed by atoms with van der Waals surface area (Å²) >= 11 is 0. The number of nitrogens with zero attached hydrogens (tertiary/aromatic N) is 3. The fourth-order valence-corrected chi connectivity index (χ4v) is 3.25. The number of para-hydroxylation sites is 2. The molecule has 8 nitrogen and oxygen atoms in total. The van der Waals surface area contributed by atoms with Crippen LogP contribution in [0.5, 0.6) is 0 Å². The summed E-state index contributed by atoms with van der Waals surface area (Å²) in [5.74, 6) is -0.532. The maximum atomic E-state index is 12.3. The minimum absolute atomic E-state index is 0.0701. The molecule has 4 aromatic rings. The molecule has 4 rings (SSSR count). The van der Waals surface area contributed by atoms with Crippen molar-refractivity contribution in [2.45, 2.75) is 13.0 Å². The summed E-state index contributed by atoms with van der Waals surface area (Å²) in [4.78, 5) is 28.6. The predicted molar refractivity (Wildman–Crippen MR) is 105 cm³/mol. The molecular weight excluding hydrogens is 358 g/mol. The van der Waals surface area contributed by atoms with Gasteiger partial charge in [0.1, 0.15) is 5.69 Å². The zero-order chi connectivity index (χ0) is 19.5. The first-order valence-corrected chi connectivity index (χ1v) is 9.11. The van der Waals surface area contributed by atoms with Crippen LogP contribution in [0.25, 0.3) is 22.1 Å². The smallest absolute Gasteiger partial charge is 0.268 e. The molecule has 0 unspecified atom stereocenters. The van der Waals surface area contributed by atoms with Crippen molar-refractivity contribution in [3.8, 4) is 0 Å². The largest absolute Gasteiger partial charge is 0.463 e. The average Bonchev–Trinajstić information content (AvgIpc) is 3.40. The van der Waals surface area contributed by atoms with Crippen molar-refractivity contribution in [3.05, 3.63) is 54.7 Å². The van der Waals surface area contributed by atoms with Crippen LogP contribution in [0.2, 0.25) is 0 Å². The first-order chi connectivity index (χ1) is 13.6. The zero-order valence-corrected chi connectivity index (χ0v) is 15.5. The molecule has 144 valence electrons. The van der Waals surface area contributed by atoms with E-state index in [1.54, 1.807) is 30.0 Å². The van der Waals surface area contributed by atoms with E-state index in [1.165, 1.54) is 0 Å². The maximum absolute atomic E-state index is 12.3. The Bertz CT molecular complexity index is 1140. The van der Waals surface area contributed by atoms with Crippen molar-refractivity contribution in [2.24, 2.45) is 7.05 Å². The van der Waals surface area contributed by atoms with Crippen LogP contribution in [0, 0.1) is 0 Å². The Labute approximate surface area is 161 Å². The summed E-state index contributed by atoms with van der Waals surface area (Å²) in [6.45, 7) is 1.22. The monoisotopic (exact) mass is 379 g/mol. The van der Waals surface area contributed by atoms with Gasteiger partial charge in [-0.05, 0) is 18.6 Å². The SMILES string of the molecule is Cn1c(C(=O)NCC(=O)NCCCn2cnc3ccccc32)cc2occc21. The molecule has 8 heteroatoms. The molecule has 2 N–H and O–H groups in total. The molecule has 0 atom stereocenters. The van der Waals surface area contributed by atoms with Crippen LogP contribution in [0.15, 0.2) is 53.4 Å². The number of hydrogen-bond acceptors (Lipinski definition) is 4. The standard InChI is InChI=1S/C20H21N5O3/c1-24-16-7-10-28-18(16)11-17(24)20(27)22-12-19(26)21-8-4-9-25-13-23-14-5-2-3-6-15(14)25/h2-3,5-7,10-11,13H,4,8-9,12H2,1H3,(H,21,26)(H,22,27). The Kier molecular flexibility index (Phi) is 4.84. The second kappa shape index (κ2) is 7.59. The van der Waals surface area contributed by atoms with Crippen LogP contribution >= 0.6 is 0 Å². The van der Waals surface area contributed by atoms with Crippen LogP contribution in [0.1, 0.15) is 16.9 Å². The fraction of sp³-hybridized carbons (Fsp3) is 0.250. The van der Waals surface area contributed by atoms with Crippen molar-refractivity contribution in [1.29, 1.82) is 0 Å². The van der Waals surface area contributed by atoms with Crippen LogP contribution in [0.4, 0.5) is 0 Å². The van der Waals surface area contributed by atoms with E-state index in [-0.39, 0.29) is 18.4 Å². The Morgan fingerprint density at radius 3 is 2.86 bits per heavy atom. The number of aromatic nitrogens is 3. The number of fused-ring (bicyclic) bond motifs is 2. The van der Waals surface area contributed by atoms with Crippen molar-refractivity contribution in [1.82, 2.24) is 24.8 Å².